The number of benzene rings is 1. The normalized spacial score (nSPS) is 13.5. The Morgan fingerprint density at radius 1 is 1.19 bits per heavy atom. The molecule has 1 aromatic heterocycles. The highest BCUT2D eigenvalue weighted by Crippen LogP contribution is 2.20. The molecule has 1 aromatic carbocycles. The minimum Gasteiger partial charge on any atom is -0.464 e. The van der Waals surface area contributed by atoms with Crippen LogP contribution in [0.2, 0.25) is 0 Å². The number of hydrogen-bond acceptors (Lipinski definition) is 2. The third kappa shape index (κ3) is 2.27. The summed E-state index contributed by atoms with van der Waals surface area (Å²) in [5.74, 6) is 0.651. The average Bonchev–Trinajstić information content (AvgIpc) is 2.69. The molecule has 0 aliphatic heterocycles. The third-order valence-electron chi connectivity index (χ3n) is 3.18. The van der Waals surface area contributed by atoms with E-state index in [0.717, 1.165) is 12.1 Å². The summed E-state index contributed by atoms with van der Waals surface area (Å²) in [6.07, 6.45) is 1.85. The zero-order valence-corrected chi connectivity index (χ0v) is 10.2. The average molecular weight is 217 g/mol. The zero-order chi connectivity index (χ0) is 11.5. The lowest BCUT2D eigenvalue weighted by atomic mass is 10.1. The fourth-order valence-electron chi connectivity index (χ4n) is 1.68. The van der Waals surface area contributed by atoms with Crippen molar-refractivity contribution in [3.63, 3.8) is 0 Å². The Morgan fingerprint density at radius 2 is 1.94 bits per heavy atom. The van der Waals surface area contributed by atoms with Crippen LogP contribution >= 0.6 is 0 Å². The molecule has 1 heterocycles. The maximum absolute atomic E-state index is 5.50. The Hall–Kier alpha value is -1.28. The molecule has 0 saturated carbocycles. The molecule has 1 unspecified atom stereocenters. The van der Waals surface area contributed by atoms with Crippen LogP contribution in [0.3, 0.4) is 0 Å². The summed E-state index contributed by atoms with van der Waals surface area (Å²) in [4.78, 5) is 0. The molecule has 2 rings (SSSR count). The van der Waals surface area contributed by atoms with Gasteiger partial charge >= 0.3 is 0 Å². The Kier molecular flexibility index (Phi) is 3.30. The van der Waals surface area contributed by atoms with Gasteiger partial charge in [0.05, 0.1) is 6.26 Å². The van der Waals surface area contributed by atoms with Crippen molar-refractivity contribution in [2.75, 3.05) is 0 Å². The first kappa shape index (κ1) is 11.2. The van der Waals surface area contributed by atoms with Crippen LogP contribution in [0.5, 0.6) is 0 Å². The molecule has 0 bridgehead atoms. The van der Waals surface area contributed by atoms with Crippen molar-refractivity contribution in [2.45, 2.75) is 33.4 Å². The van der Waals surface area contributed by atoms with Gasteiger partial charge in [0, 0.05) is 23.5 Å². The molecule has 0 aliphatic carbocycles. The molecule has 1 atom stereocenters. The summed E-state index contributed by atoms with van der Waals surface area (Å²) in [7, 11) is 0. The molecule has 0 radical (unpaired) electrons. The summed E-state index contributed by atoms with van der Waals surface area (Å²) in [6.45, 7) is 7.54. The topological polar surface area (TPSA) is 25.2 Å². The van der Waals surface area contributed by atoms with Crippen LogP contribution in [0.15, 0.2) is 34.9 Å². The Balaban J connectivity index is 2.10. The quantitative estimate of drug-likeness (QED) is 0.847. The van der Waals surface area contributed by atoms with Gasteiger partial charge < -0.3 is 9.73 Å². The summed E-state index contributed by atoms with van der Waals surface area (Å²) in [5.41, 5.74) is 2.21. The van der Waals surface area contributed by atoms with Gasteiger partial charge in [-0.25, -0.2) is 0 Å². The summed E-state index contributed by atoms with van der Waals surface area (Å²) in [6, 6.07) is 8.68. The maximum Gasteiger partial charge on any atom is 0.134 e. The van der Waals surface area contributed by atoms with Crippen LogP contribution in [0.25, 0.3) is 11.0 Å². The predicted octanol–water partition coefficient (Wildman–Crippen LogP) is 3.57. The molecule has 86 valence electrons. The van der Waals surface area contributed by atoms with Gasteiger partial charge in [0.1, 0.15) is 5.58 Å². The SMILES string of the molecule is CC(C)C(C)NCc1coc2ccccc12. The lowest BCUT2D eigenvalue weighted by Gasteiger charge is -2.16. The number of para-hydroxylation sites is 1. The molecular formula is C14H19NO. The lowest BCUT2D eigenvalue weighted by molar-refractivity contribution is 0.425. The largest absolute Gasteiger partial charge is 0.464 e. The van der Waals surface area contributed by atoms with Crippen LogP contribution in [0, 0.1) is 5.92 Å². The molecule has 2 aromatic rings. The number of rotatable bonds is 4. The first-order valence-corrected chi connectivity index (χ1v) is 5.87. The van der Waals surface area contributed by atoms with Gasteiger partial charge in [0.15, 0.2) is 0 Å². The van der Waals surface area contributed by atoms with Gasteiger partial charge in [0.25, 0.3) is 0 Å². The van der Waals surface area contributed by atoms with E-state index < -0.39 is 0 Å². The summed E-state index contributed by atoms with van der Waals surface area (Å²) in [5, 5.41) is 4.73. The molecule has 2 heteroatoms. The molecule has 0 saturated heterocycles. The predicted molar refractivity (Wildman–Crippen MR) is 67.4 cm³/mol. The van der Waals surface area contributed by atoms with Crippen LogP contribution < -0.4 is 5.32 Å². The third-order valence-corrected chi connectivity index (χ3v) is 3.18. The standard InChI is InChI=1S/C14H19NO/c1-10(2)11(3)15-8-12-9-16-14-7-5-4-6-13(12)14/h4-7,9-11,15H,8H2,1-3H3. The summed E-state index contributed by atoms with van der Waals surface area (Å²) >= 11 is 0. The molecular weight excluding hydrogens is 198 g/mol. The van der Waals surface area contributed by atoms with Crippen molar-refractivity contribution in [1.29, 1.82) is 0 Å². The minimum absolute atomic E-state index is 0.522. The van der Waals surface area contributed by atoms with Crippen molar-refractivity contribution in [3.8, 4) is 0 Å². The molecule has 0 aliphatic rings. The van der Waals surface area contributed by atoms with Gasteiger partial charge in [0.2, 0.25) is 0 Å². The number of furan rings is 1. The van der Waals surface area contributed by atoms with Crippen molar-refractivity contribution < 1.29 is 4.42 Å². The van der Waals surface area contributed by atoms with Gasteiger partial charge in [-0.1, -0.05) is 32.0 Å². The zero-order valence-electron chi connectivity index (χ0n) is 10.2. The molecule has 0 spiro atoms. The second-order valence-electron chi connectivity index (χ2n) is 4.67. The van der Waals surface area contributed by atoms with E-state index in [9.17, 15) is 0 Å². The molecule has 16 heavy (non-hydrogen) atoms. The van der Waals surface area contributed by atoms with E-state index in [0.29, 0.717) is 12.0 Å². The maximum atomic E-state index is 5.50. The highest BCUT2D eigenvalue weighted by Gasteiger charge is 2.08. The van der Waals surface area contributed by atoms with Crippen molar-refractivity contribution in [2.24, 2.45) is 5.92 Å². The van der Waals surface area contributed by atoms with Crippen LogP contribution in [-0.4, -0.2) is 6.04 Å². The Bertz CT molecular complexity index is 458. The molecule has 0 fully saturated rings. The van der Waals surface area contributed by atoms with Crippen LogP contribution in [-0.2, 0) is 6.54 Å². The van der Waals surface area contributed by atoms with Gasteiger partial charge in [-0.05, 0) is 18.9 Å². The van der Waals surface area contributed by atoms with Crippen molar-refractivity contribution in [3.05, 3.63) is 36.1 Å². The summed E-state index contributed by atoms with van der Waals surface area (Å²) < 4.78 is 5.50. The minimum atomic E-state index is 0.522. The Labute approximate surface area is 96.6 Å². The lowest BCUT2D eigenvalue weighted by Crippen LogP contribution is -2.30. The first-order chi connectivity index (χ1) is 7.68. The van der Waals surface area contributed by atoms with E-state index in [1.807, 2.05) is 24.5 Å². The van der Waals surface area contributed by atoms with E-state index in [2.05, 4.69) is 32.2 Å². The van der Waals surface area contributed by atoms with Gasteiger partial charge in [-0.2, -0.15) is 0 Å². The first-order valence-electron chi connectivity index (χ1n) is 5.87. The highest BCUT2D eigenvalue weighted by atomic mass is 16.3. The highest BCUT2D eigenvalue weighted by molar-refractivity contribution is 5.80. The molecule has 0 amide bonds. The second kappa shape index (κ2) is 4.71. The van der Waals surface area contributed by atoms with E-state index in [4.69, 9.17) is 4.42 Å². The number of nitrogens with one attached hydrogen (secondary N) is 1. The molecule has 1 N–H and O–H groups in total. The van der Waals surface area contributed by atoms with Crippen molar-refractivity contribution >= 4 is 11.0 Å². The second-order valence-corrected chi connectivity index (χ2v) is 4.67. The van der Waals surface area contributed by atoms with Crippen LogP contribution in [0.1, 0.15) is 26.3 Å². The van der Waals surface area contributed by atoms with Crippen molar-refractivity contribution in [1.82, 2.24) is 5.32 Å². The van der Waals surface area contributed by atoms with Crippen LogP contribution in [0.4, 0.5) is 0 Å². The van der Waals surface area contributed by atoms with E-state index in [1.165, 1.54) is 10.9 Å². The smallest absolute Gasteiger partial charge is 0.134 e. The fraction of sp³-hybridized carbons (Fsp3) is 0.429. The Morgan fingerprint density at radius 3 is 2.69 bits per heavy atom. The fourth-order valence-corrected chi connectivity index (χ4v) is 1.68. The van der Waals surface area contributed by atoms with Gasteiger partial charge in [-0.3, -0.25) is 0 Å². The van der Waals surface area contributed by atoms with E-state index in [-0.39, 0.29) is 0 Å². The van der Waals surface area contributed by atoms with E-state index in [1.54, 1.807) is 0 Å². The van der Waals surface area contributed by atoms with Gasteiger partial charge in [-0.15, -0.1) is 0 Å². The van der Waals surface area contributed by atoms with E-state index >= 15 is 0 Å². The monoisotopic (exact) mass is 217 g/mol. The molecule has 2 nitrogen and oxygen atoms in total. The number of fused-ring (bicyclic) bond motifs is 1. The number of hydrogen-bond donors (Lipinski definition) is 1.